The second-order valence-electron chi connectivity index (χ2n) is 2.41. The molecule has 1 heterocycles. The molecule has 1 aromatic rings. The van der Waals surface area contributed by atoms with Gasteiger partial charge < -0.3 is 4.74 Å². The number of hydrogen-bond acceptors (Lipinski definition) is 3. The van der Waals surface area contributed by atoms with Crippen LogP contribution in [0.3, 0.4) is 0 Å². The Morgan fingerprint density at radius 2 is 2.42 bits per heavy atom. The van der Waals surface area contributed by atoms with Gasteiger partial charge in [0.05, 0.1) is 0 Å². The summed E-state index contributed by atoms with van der Waals surface area (Å²) in [6.07, 6.45) is 4.40. The van der Waals surface area contributed by atoms with Gasteiger partial charge in [-0.15, -0.1) is 0 Å². The minimum absolute atomic E-state index is 0.342. The number of carbonyl (C=O) groups excluding carboxylic acids is 1. The highest BCUT2D eigenvalue weighted by atomic mass is 16.5. The summed E-state index contributed by atoms with van der Waals surface area (Å²) in [5, 5.41) is 0. The van der Waals surface area contributed by atoms with Crippen LogP contribution in [0.2, 0.25) is 0 Å². The summed E-state index contributed by atoms with van der Waals surface area (Å²) >= 11 is 0. The van der Waals surface area contributed by atoms with Crippen molar-refractivity contribution in [2.24, 2.45) is 0 Å². The molecular formula is C9H11NO2. The first kappa shape index (κ1) is 8.71. The topological polar surface area (TPSA) is 39.2 Å². The van der Waals surface area contributed by atoms with Crippen LogP contribution in [0.25, 0.3) is 0 Å². The molecular weight excluding hydrogens is 154 g/mol. The van der Waals surface area contributed by atoms with E-state index in [1.807, 2.05) is 13.0 Å². The fourth-order valence-electron chi connectivity index (χ4n) is 1.04. The van der Waals surface area contributed by atoms with Crippen molar-refractivity contribution in [3.63, 3.8) is 0 Å². The molecule has 0 amide bonds. The van der Waals surface area contributed by atoms with Crippen LogP contribution >= 0.6 is 0 Å². The largest absolute Gasteiger partial charge is 0.463 e. The standard InChI is InChI=1S/C9H11NO2/c1-2-8-5-10-4-3-9(8)6-12-7-11/h3-5,7H,2,6H2,1H3. The Kier molecular flexibility index (Phi) is 3.26. The van der Waals surface area contributed by atoms with Crippen LogP contribution in [0.15, 0.2) is 18.5 Å². The average Bonchev–Trinajstić information content (AvgIpc) is 2.15. The molecule has 64 valence electrons. The van der Waals surface area contributed by atoms with Gasteiger partial charge in [-0.1, -0.05) is 6.92 Å². The third-order valence-electron chi connectivity index (χ3n) is 1.69. The predicted octanol–water partition coefficient (Wildman–Crippen LogP) is 1.32. The smallest absolute Gasteiger partial charge is 0.293 e. The van der Waals surface area contributed by atoms with Crippen molar-refractivity contribution in [1.29, 1.82) is 0 Å². The molecule has 0 spiro atoms. The summed E-state index contributed by atoms with van der Waals surface area (Å²) in [4.78, 5) is 13.9. The monoisotopic (exact) mass is 165 g/mol. The van der Waals surface area contributed by atoms with Gasteiger partial charge in [0, 0.05) is 12.4 Å². The maximum absolute atomic E-state index is 9.94. The highest BCUT2D eigenvalue weighted by Gasteiger charge is 1.98. The summed E-state index contributed by atoms with van der Waals surface area (Å²) in [7, 11) is 0. The van der Waals surface area contributed by atoms with Crippen molar-refractivity contribution in [2.75, 3.05) is 0 Å². The van der Waals surface area contributed by atoms with Crippen LogP contribution in [0.1, 0.15) is 18.1 Å². The number of carbonyl (C=O) groups is 1. The molecule has 0 aliphatic heterocycles. The Hall–Kier alpha value is -1.38. The van der Waals surface area contributed by atoms with Crippen molar-refractivity contribution < 1.29 is 9.53 Å². The van der Waals surface area contributed by atoms with E-state index in [0.29, 0.717) is 13.1 Å². The molecule has 3 heteroatoms. The van der Waals surface area contributed by atoms with Crippen LogP contribution in [-0.2, 0) is 22.6 Å². The van der Waals surface area contributed by atoms with Crippen molar-refractivity contribution in [2.45, 2.75) is 20.0 Å². The first-order valence-corrected chi connectivity index (χ1v) is 3.85. The fourth-order valence-corrected chi connectivity index (χ4v) is 1.04. The number of ether oxygens (including phenoxy) is 1. The van der Waals surface area contributed by atoms with E-state index in [0.717, 1.165) is 17.5 Å². The van der Waals surface area contributed by atoms with Gasteiger partial charge in [-0.2, -0.15) is 0 Å². The summed E-state index contributed by atoms with van der Waals surface area (Å²) < 4.78 is 4.65. The predicted molar refractivity (Wildman–Crippen MR) is 44.5 cm³/mol. The number of rotatable bonds is 4. The number of hydrogen-bond donors (Lipinski definition) is 0. The zero-order valence-corrected chi connectivity index (χ0v) is 6.99. The van der Waals surface area contributed by atoms with Crippen molar-refractivity contribution in [1.82, 2.24) is 4.98 Å². The molecule has 0 atom stereocenters. The number of aryl methyl sites for hydroxylation is 1. The third kappa shape index (κ3) is 2.05. The van der Waals surface area contributed by atoms with E-state index in [2.05, 4.69) is 9.72 Å². The Morgan fingerprint density at radius 3 is 3.08 bits per heavy atom. The number of aromatic nitrogens is 1. The molecule has 0 aromatic carbocycles. The Labute approximate surface area is 71.4 Å². The van der Waals surface area contributed by atoms with E-state index in [1.165, 1.54) is 0 Å². The van der Waals surface area contributed by atoms with Crippen LogP contribution in [0, 0.1) is 0 Å². The van der Waals surface area contributed by atoms with E-state index in [-0.39, 0.29) is 0 Å². The van der Waals surface area contributed by atoms with Crippen LogP contribution in [0.4, 0.5) is 0 Å². The summed E-state index contributed by atoms with van der Waals surface area (Å²) in [6, 6.07) is 1.86. The molecule has 0 fully saturated rings. The maximum Gasteiger partial charge on any atom is 0.293 e. The molecule has 0 aliphatic rings. The van der Waals surface area contributed by atoms with E-state index >= 15 is 0 Å². The number of nitrogens with zero attached hydrogens (tertiary/aromatic N) is 1. The van der Waals surface area contributed by atoms with E-state index < -0.39 is 0 Å². The Morgan fingerprint density at radius 1 is 1.58 bits per heavy atom. The summed E-state index contributed by atoms with van der Waals surface area (Å²) in [6.45, 7) is 2.84. The quantitative estimate of drug-likeness (QED) is 0.631. The minimum Gasteiger partial charge on any atom is -0.463 e. The Balaban J connectivity index is 2.74. The van der Waals surface area contributed by atoms with Crippen LogP contribution < -0.4 is 0 Å². The van der Waals surface area contributed by atoms with Gasteiger partial charge in [0.1, 0.15) is 6.61 Å². The van der Waals surface area contributed by atoms with Crippen molar-refractivity contribution in [3.8, 4) is 0 Å². The van der Waals surface area contributed by atoms with Crippen LogP contribution in [-0.4, -0.2) is 11.5 Å². The average molecular weight is 165 g/mol. The lowest BCUT2D eigenvalue weighted by Gasteiger charge is -2.04. The van der Waals surface area contributed by atoms with Gasteiger partial charge in [0.25, 0.3) is 6.47 Å². The second-order valence-corrected chi connectivity index (χ2v) is 2.41. The van der Waals surface area contributed by atoms with Crippen LogP contribution in [0.5, 0.6) is 0 Å². The molecule has 0 N–H and O–H groups in total. The highest BCUT2D eigenvalue weighted by molar-refractivity contribution is 5.37. The molecule has 0 saturated heterocycles. The molecule has 0 radical (unpaired) electrons. The normalized spacial score (nSPS) is 9.42. The van der Waals surface area contributed by atoms with E-state index in [1.54, 1.807) is 12.4 Å². The van der Waals surface area contributed by atoms with Gasteiger partial charge in [0.2, 0.25) is 0 Å². The van der Waals surface area contributed by atoms with E-state index in [9.17, 15) is 4.79 Å². The third-order valence-corrected chi connectivity index (χ3v) is 1.69. The summed E-state index contributed by atoms with van der Waals surface area (Å²) in [5.41, 5.74) is 2.15. The molecule has 0 bridgehead atoms. The molecule has 12 heavy (non-hydrogen) atoms. The zero-order valence-electron chi connectivity index (χ0n) is 6.99. The van der Waals surface area contributed by atoms with E-state index in [4.69, 9.17) is 0 Å². The minimum atomic E-state index is 0.342. The molecule has 1 rings (SSSR count). The first-order chi connectivity index (χ1) is 5.88. The lowest BCUT2D eigenvalue weighted by Crippen LogP contribution is -1.96. The fraction of sp³-hybridized carbons (Fsp3) is 0.333. The highest BCUT2D eigenvalue weighted by Crippen LogP contribution is 2.08. The van der Waals surface area contributed by atoms with Gasteiger partial charge in [0.15, 0.2) is 0 Å². The molecule has 0 aliphatic carbocycles. The number of pyridine rings is 1. The Bertz CT molecular complexity index is 260. The summed E-state index contributed by atoms with van der Waals surface area (Å²) in [5.74, 6) is 0. The molecule has 0 unspecified atom stereocenters. The molecule has 0 saturated carbocycles. The lowest BCUT2D eigenvalue weighted by atomic mass is 10.1. The molecule has 1 aromatic heterocycles. The van der Waals surface area contributed by atoms with Gasteiger partial charge in [-0.05, 0) is 23.6 Å². The lowest BCUT2D eigenvalue weighted by molar-refractivity contribution is -0.129. The van der Waals surface area contributed by atoms with Gasteiger partial charge >= 0.3 is 0 Å². The van der Waals surface area contributed by atoms with Gasteiger partial charge in [-0.25, -0.2) is 0 Å². The van der Waals surface area contributed by atoms with Crippen molar-refractivity contribution >= 4 is 6.47 Å². The zero-order chi connectivity index (χ0) is 8.81. The second kappa shape index (κ2) is 4.49. The SMILES string of the molecule is CCc1cnccc1COC=O. The maximum atomic E-state index is 9.94. The van der Waals surface area contributed by atoms with Gasteiger partial charge in [-0.3, -0.25) is 9.78 Å². The van der Waals surface area contributed by atoms with Crippen molar-refractivity contribution in [3.05, 3.63) is 29.6 Å². The molecule has 3 nitrogen and oxygen atoms in total. The first-order valence-electron chi connectivity index (χ1n) is 3.85.